The molecule has 0 saturated heterocycles. The molecule has 2 aromatic carbocycles. The molecule has 0 aliphatic heterocycles. The summed E-state index contributed by atoms with van der Waals surface area (Å²) < 4.78 is 5.15. The Kier molecular flexibility index (Phi) is 4.60. The molecule has 2 aromatic heterocycles. The number of hydrogen-bond acceptors (Lipinski definition) is 4. The third-order valence-corrected chi connectivity index (χ3v) is 4.54. The molecule has 0 fully saturated rings. The molecular weight excluding hydrogens is 362 g/mol. The topological polar surface area (TPSA) is 68.0 Å². The lowest BCUT2D eigenvalue weighted by Crippen LogP contribution is -2.23. The molecule has 0 aliphatic rings. The number of nitrogens with zero attached hydrogens (tertiary/aromatic N) is 2. The van der Waals surface area contributed by atoms with E-state index in [9.17, 15) is 4.79 Å². The number of amides is 1. The van der Waals surface area contributed by atoms with Crippen LogP contribution in [0.1, 0.15) is 21.8 Å². The molecule has 0 unspecified atom stereocenters. The van der Waals surface area contributed by atoms with Gasteiger partial charge in [0, 0.05) is 22.0 Å². The van der Waals surface area contributed by atoms with Crippen LogP contribution in [-0.4, -0.2) is 16.0 Å². The number of nitrogens with one attached hydrogen (secondary N) is 1. The number of carbonyl (C=O) groups is 1. The summed E-state index contributed by atoms with van der Waals surface area (Å²) in [6, 6.07) is 18.5. The zero-order valence-corrected chi connectivity index (χ0v) is 15.3. The van der Waals surface area contributed by atoms with Crippen molar-refractivity contribution < 1.29 is 9.32 Å². The van der Waals surface area contributed by atoms with Gasteiger partial charge in [0.2, 0.25) is 0 Å². The van der Waals surface area contributed by atoms with E-state index < -0.39 is 0 Å². The van der Waals surface area contributed by atoms with Crippen molar-refractivity contribution in [3.63, 3.8) is 0 Å². The number of rotatable bonds is 4. The summed E-state index contributed by atoms with van der Waals surface area (Å²) in [4.78, 5) is 17.6. The Morgan fingerprint density at radius 2 is 1.89 bits per heavy atom. The second kappa shape index (κ2) is 7.21. The first-order chi connectivity index (χ1) is 13.1. The quantitative estimate of drug-likeness (QED) is 0.555. The van der Waals surface area contributed by atoms with Gasteiger partial charge in [0.15, 0.2) is 5.76 Å². The highest BCUT2D eigenvalue weighted by Crippen LogP contribution is 2.29. The Balaban J connectivity index is 1.74. The van der Waals surface area contributed by atoms with Gasteiger partial charge in [-0.15, -0.1) is 0 Å². The Bertz CT molecular complexity index is 1140. The summed E-state index contributed by atoms with van der Waals surface area (Å²) in [6.45, 7) is 2.10. The minimum Gasteiger partial charge on any atom is -0.359 e. The van der Waals surface area contributed by atoms with Crippen molar-refractivity contribution in [2.45, 2.75) is 13.5 Å². The van der Waals surface area contributed by atoms with Gasteiger partial charge in [0.05, 0.1) is 29.0 Å². The number of carbonyl (C=O) groups excluding carboxylic acids is 1. The van der Waals surface area contributed by atoms with Crippen LogP contribution >= 0.6 is 11.6 Å². The number of para-hydroxylation sites is 1. The predicted octanol–water partition coefficient (Wildman–Crippen LogP) is 4.78. The molecule has 5 nitrogen and oxygen atoms in total. The second-order valence-corrected chi connectivity index (χ2v) is 6.58. The number of halogens is 1. The van der Waals surface area contributed by atoms with Gasteiger partial charge in [-0.2, -0.15) is 0 Å². The molecule has 0 bridgehead atoms. The average molecular weight is 378 g/mol. The van der Waals surface area contributed by atoms with E-state index in [1.54, 1.807) is 18.2 Å². The van der Waals surface area contributed by atoms with Crippen LogP contribution in [-0.2, 0) is 6.54 Å². The molecule has 27 heavy (non-hydrogen) atoms. The van der Waals surface area contributed by atoms with Gasteiger partial charge in [-0.05, 0) is 25.1 Å². The fraction of sp³-hybridized carbons (Fsp3) is 0.0952. The van der Waals surface area contributed by atoms with E-state index in [1.165, 1.54) is 0 Å². The molecule has 0 atom stereocenters. The third-order valence-electron chi connectivity index (χ3n) is 4.21. The van der Waals surface area contributed by atoms with E-state index >= 15 is 0 Å². The van der Waals surface area contributed by atoms with Crippen molar-refractivity contribution in [1.82, 2.24) is 15.5 Å². The molecule has 0 radical (unpaired) electrons. The number of aryl methyl sites for hydroxylation is 1. The largest absolute Gasteiger partial charge is 0.359 e. The molecule has 2 heterocycles. The van der Waals surface area contributed by atoms with Crippen LogP contribution in [0.3, 0.4) is 0 Å². The average Bonchev–Trinajstić information content (AvgIpc) is 3.11. The van der Waals surface area contributed by atoms with Gasteiger partial charge in [-0.3, -0.25) is 4.79 Å². The van der Waals surface area contributed by atoms with Crippen molar-refractivity contribution in [3.05, 3.63) is 82.7 Å². The van der Waals surface area contributed by atoms with Gasteiger partial charge in [0.1, 0.15) is 0 Å². The molecular formula is C21H16ClN3O2. The Labute approximate surface area is 161 Å². The van der Waals surface area contributed by atoms with Crippen LogP contribution in [0.15, 0.2) is 65.2 Å². The number of pyridine rings is 1. The van der Waals surface area contributed by atoms with Gasteiger partial charge >= 0.3 is 0 Å². The van der Waals surface area contributed by atoms with Crippen LogP contribution in [0.25, 0.3) is 22.2 Å². The van der Waals surface area contributed by atoms with Crippen molar-refractivity contribution in [3.8, 4) is 11.3 Å². The number of fused-ring (bicyclic) bond motifs is 1. The SMILES string of the molecule is Cc1cc(CNC(=O)c2cc(-c3ccccc3Cl)nc3ccccc23)on1. The maximum absolute atomic E-state index is 12.9. The van der Waals surface area contributed by atoms with E-state index in [1.807, 2.05) is 49.4 Å². The van der Waals surface area contributed by atoms with Gasteiger partial charge in [0.25, 0.3) is 5.91 Å². The molecule has 1 N–H and O–H groups in total. The standard InChI is InChI=1S/C21H16ClN3O2/c1-13-10-14(27-25-13)12-23-21(26)17-11-20(16-7-2-4-8-18(16)22)24-19-9-5-3-6-15(17)19/h2-11H,12H2,1H3,(H,23,26). The molecule has 1 amide bonds. The molecule has 4 aromatic rings. The zero-order valence-electron chi connectivity index (χ0n) is 14.6. The number of aromatic nitrogens is 2. The Morgan fingerprint density at radius 1 is 1.11 bits per heavy atom. The van der Waals surface area contributed by atoms with Crippen molar-refractivity contribution in [2.75, 3.05) is 0 Å². The first kappa shape index (κ1) is 17.2. The first-order valence-corrected chi connectivity index (χ1v) is 8.85. The van der Waals surface area contributed by atoms with Crippen LogP contribution in [0.5, 0.6) is 0 Å². The minimum absolute atomic E-state index is 0.212. The highest BCUT2D eigenvalue weighted by molar-refractivity contribution is 6.33. The molecule has 6 heteroatoms. The second-order valence-electron chi connectivity index (χ2n) is 6.17. The van der Waals surface area contributed by atoms with Gasteiger partial charge < -0.3 is 9.84 Å². The van der Waals surface area contributed by atoms with Crippen LogP contribution in [0, 0.1) is 6.92 Å². The summed E-state index contributed by atoms with van der Waals surface area (Å²) in [5, 5.41) is 8.07. The number of hydrogen-bond donors (Lipinski definition) is 1. The molecule has 0 aliphatic carbocycles. The van der Waals surface area contributed by atoms with Gasteiger partial charge in [-0.1, -0.05) is 53.2 Å². The third kappa shape index (κ3) is 3.55. The van der Waals surface area contributed by atoms with E-state index in [4.69, 9.17) is 16.1 Å². The zero-order chi connectivity index (χ0) is 18.8. The minimum atomic E-state index is -0.212. The van der Waals surface area contributed by atoms with Crippen molar-refractivity contribution >= 4 is 28.4 Å². The molecule has 134 valence electrons. The highest BCUT2D eigenvalue weighted by Gasteiger charge is 2.15. The normalized spacial score (nSPS) is 10.9. The lowest BCUT2D eigenvalue weighted by Gasteiger charge is -2.11. The van der Waals surface area contributed by atoms with E-state index in [2.05, 4.69) is 15.5 Å². The Morgan fingerprint density at radius 3 is 2.67 bits per heavy atom. The van der Waals surface area contributed by atoms with Crippen LogP contribution < -0.4 is 5.32 Å². The summed E-state index contributed by atoms with van der Waals surface area (Å²) in [5.74, 6) is 0.390. The van der Waals surface area contributed by atoms with E-state index in [0.29, 0.717) is 22.0 Å². The van der Waals surface area contributed by atoms with Crippen LogP contribution in [0.2, 0.25) is 5.02 Å². The van der Waals surface area contributed by atoms with Crippen molar-refractivity contribution in [2.24, 2.45) is 0 Å². The molecule has 0 saturated carbocycles. The monoisotopic (exact) mass is 377 g/mol. The van der Waals surface area contributed by atoms with Crippen LogP contribution in [0.4, 0.5) is 0 Å². The predicted molar refractivity (Wildman–Crippen MR) is 105 cm³/mol. The van der Waals surface area contributed by atoms with E-state index in [-0.39, 0.29) is 12.5 Å². The molecule has 0 spiro atoms. The Hall–Kier alpha value is -3.18. The van der Waals surface area contributed by atoms with Gasteiger partial charge in [-0.25, -0.2) is 4.98 Å². The highest BCUT2D eigenvalue weighted by atomic mass is 35.5. The smallest absolute Gasteiger partial charge is 0.252 e. The maximum Gasteiger partial charge on any atom is 0.252 e. The van der Waals surface area contributed by atoms with Crippen molar-refractivity contribution in [1.29, 1.82) is 0 Å². The lowest BCUT2D eigenvalue weighted by atomic mass is 10.0. The summed E-state index contributed by atoms with van der Waals surface area (Å²) in [6.07, 6.45) is 0. The number of benzene rings is 2. The summed E-state index contributed by atoms with van der Waals surface area (Å²) >= 11 is 6.33. The first-order valence-electron chi connectivity index (χ1n) is 8.47. The summed E-state index contributed by atoms with van der Waals surface area (Å²) in [5.41, 5.74) is 3.47. The van der Waals surface area contributed by atoms with E-state index in [0.717, 1.165) is 22.2 Å². The fourth-order valence-electron chi connectivity index (χ4n) is 2.93. The maximum atomic E-state index is 12.9. The summed E-state index contributed by atoms with van der Waals surface area (Å²) in [7, 11) is 0. The lowest BCUT2D eigenvalue weighted by molar-refractivity contribution is 0.0948. The molecule has 4 rings (SSSR count). The fourth-order valence-corrected chi connectivity index (χ4v) is 3.16.